The number of rotatable bonds is 6. The molecule has 0 bridgehead atoms. The molecule has 0 aromatic heterocycles. The van der Waals surface area contributed by atoms with E-state index in [0.29, 0.717) is 13.0 Å². The molecule has 0 saturated carbocycles. The number of fused-ring (bicyclic) bond motifs is 1. The molecule has 1 atom stereocenters. The number of alkyl halides is 3. The van der Waals surface area contributed by atoms with E-state index in [0.717, 1.165) is 23.4 Å². The summed E-state index contributed by atoms with van der Waals surface area (Å²) in [4.78, 5) is 0. The van der Waals surface area contributed by atoms with Crippen LogP contribution in [0.3, 0.4) is 0 Å². The first-order valence-corrected chi connectivity index (χ1v) is 6.89. The van der Waals surface area contributed by atoms with Gasteiger partial charge in [-0.05, 0) is 31.3 Å². The molecule has 0 aliphatic carbocycles. The fourth-order valence-corrected chi connectivity index (χ4v) is 2.01. The Morgan fingerprint density at radius 1 is 1.10 bits per heavy atom. The van der Waals surface area contributed by atoms with Gasteiger partial charge < -0.3 is 10.1 Å². The molecular formula is C16H18F3NO. The number of hydrogen-bond acceptors (Lipinski definition) is 2. The molecular weight excluding hydrogens is 279 g/mol. The van der Waals surface area contributed by atoms with E-state index in [1.165, 1.54) is 0 Å². The molecule has 0 fully saturated rings. The lowest BCUT2D eigenvalue weighted by Gasteiger charge is -2.17. The Morgan fingerprint density at radius 2 is 1.81 bits per heavy atom. The van der Waals surface area contributed by atoms with Crippen LogP contribution < -0.4 is 10.1 Å². The van der Waals surface area contributed by atoms with Gasteiger partial charge in [0.1, 0.15) is 11.8 Å². The molecule has 0 saturated heterocycles. The Balaban J connectivity index is 1.81. The van der Waals surface area contributed by atoms with Gasteiger partial charge in [-0.1, -0.05) is 36.4 Å². The molecule has 0 amide bonds. The summed E-state index contributed by atoms with van der Waals surface area (Å²) in [7, 11) is 0. The first kappa shape index (κ1) is 15.6. The van der Waals surface area contributed by atoms with Gasteiger partial charge in [0.25, 0.3) is 0 Å². The summed E-state index contributed by atoms with van der Waals surface area (Å²) in [5, 5.41) is 4.53. The second-order valence-electron chi connectivity index (χ2n) is 4.90. The van der Waals surface area contributed by atoms with Crippen molar-refractivity contribution in [3.8, 4) is 5.75 Å². The average Bonchev–Trinajstić information content (AvgIpc) is 2.46. The van der Waals surface area contributed by atoms with Crippen LogP contribution >= 0.6 is 0 Å². The molecule has 5 heteroatoms. The second-order valence-corrected chi connectivity index (χ2v) is 4.90. The minimum absolute atomic E-state index is 0.269. The zero-order valence-corrected chi connectivity index (χ0v) is 11.8. The maximum atomic E-state index is 12.3. The molecule has 0 aliphatic heterocycles. The predicted molar refractivity (Wildman–Crippen MR) is 77.6 cm³/mol. The standard InChI is InChI=1S/C16H18F3NO/c1-12(16(17,18)19)20-10-5-11-21-15-9-4-7-13-6-2-3-8-14(13)15/h2-4,6-9,12,20H,5,10-11H2,1H3. The fraction of sp³-hybridized carbons (Fsp3) is 0.375. The Kier molecular flexibility index (Phi) is 5.07. The summed E-state index contributed by atoms with van der Waals surface area (Å²) in [5.41, 5.74) is 0. The predicted octanol–water partition coefficient (Wildman–Crippen LogP) is 4.15. The van der Waals surface area contributed by atoms with Crippen molar-refractivity contribution in [2.45, 2.75) is 25.6 Å². The van der Waals surface area contributed by atoms with Crippen molar-refractivity contribution in [1.29, 1.82) is 0 Å². The Morgan fingerprint density at radius 3 is 2.57 bits per heavy atom. The van der Waals surface area contributed by atoms with E-state index in [1.54, 1.807) is 0 Å². The maximum Gasteiger partial charge on any atom is 0.403 e. The summed E-state index contributed by atoms with van der Waals surface area (Å²) < 4.78 is 42.6. The van der Waals surface area contributed by atoms with E-state index in [4.69, 9.17) is 4.74 Å². The van der Waals surface area contributed by atoms with Gasteiger partial charge in [0.2, 0.25) is 0 Å². The van der Waals surface area contributed by atoms with Crippen LogP contribution in [0, 0.1) is 0 Å². The van der Waals surface area contributed by atoms with Gasteiger partial charge in [-0.25, -0.2) is 0 Å². The highest BCUT2D eigenvalue weighted by molar-refractivity contribution is 5.88. The van der Waals surface area contributed by atoms with Crippen molar-refractivity contribution < 1.29 is 17.9 Å². The highest BCUT2D eigenvalue weighted by atomic mass is 19.4. The third-order valence-electron chi connectivity index (χ3n) is 3.27. The average molecular weight is 297 g/mol. The van der Waals surface area contributed by atoms with Gasteiger partial charge in [0.15, 0.2) is 0 Å². The zero-order chi connectivity index (χ0) is 15.3. The van der Waals surface area contributed by atoms with E-state index >= 15 is 0 Å². The quantitative estimate of drug-likeness (QED) is 0.809. The van der Waals surface area contributed by atoms with Crippen molar-refractivity contribution in [2.75, 3.05) is 13.2 Å². The minimum Gasteiger partial charge on any atom is -0.493 e. The summed E-state index contributed by atoms with van der Waals surface area (Å²) in [6.45, 7) is 1.77. The normalized spacial score (nSPS) is 13.3. The van der Waals surface area contributed by atoms with Crippen molar-refractivity contribution in [3.63, 3.8) is 0 Å². The molecule has 1 N–H and O–H groups in total. The van der Waals surface area contributed by atoms with E-state index in [1.807, 2.05) is 42.5 Å². The Labute approximate surface area is 121 Å². The summed E-state index contributed by atoms with van der Waals surface area (Å²) in [6, 6.07) is 12.1. The third-order valence-corrected chi connectivity index (χ3v) is 3.27. The van der Waals surface area contributed by atoms with Crippen LogP contribution in [0.4, 0.5) is 13.2 Å². The number of halogens is 3. The molecule has 2 rings (SSSR count). The first-order valence-electron chi connectivity index (χ1n) is 6.89. The van der Waals surface area contributed by atoms with E-state index in [9.17, 15) is 13.2 Å². The zero-order valence-electron chi connectivity index (χ0n) is 11.8. The third kappa shape index (κ3) is 4.36. The molecule has 0 spiro atoms. The smallest absolute Gasteiger partial charge is 0.403 e. The topological polar surface area (TPSA) is 21.3 Å². The second kappa shape index (κ2) is 6.80. The van der Waals surface area contributed by atoms with Crippen molar-refractivity contribution >= 4 is 10.8 Å². The number of hydrogen-bond donors (Lipinski definition) is 1. The largest absolute Gasteiger partial charge is 0.493 e. The fourth-order valence-electron chi connectivity index (χ4n) is 2.01. The number of nitrogens with one attached hydrogen (secondary N) is 1. The molecule has 0 heterocycles. The van der Waals surface area contributed by atoms with E-state index < -0.39 is 12.2 Å². The van der Waals surface area contributed by atoms with E-state index in [-0.39, 0.29) is 6.54 Å². The van der Waals surface area contributed by atoms with Gasteiger partial charge in [-0.3, -0.25) is 0 Å². The maximum absolute atomic E-state index is 12.3. The van der Waals surface area contributed by atoms with Gasteiger partial charge >= 0.3 is 6.18 Å². The number of ether oxygens (including phenoxy) is 1. The van der Waals surface area contributed by atoms with Gasteiger partial charge in [0, 0.05) is 5.39 Å². The SMILES string of the molecule is CC(NCCCOc1cccc2ccccc12)C(F)(F)F. The van der Waals surface area contributed by atoms with Crippen LogP contribution in [-0.2, 0) is 0 Å². The number of benzene rings is 2. The monoisotopic (exact) mass is 297 g/mol. The van der Waals surface area contributed by atoms with Crippen molar-refractivity contribution in [3.05, 3.63) is 42.5 Å². The van der Waals surface area contributed by atoms with E-state index in [2.05, 4.69) is 5.32 Å². The van der Waals surface area contributed by atoms with Crippen molar-refractivity contribution in [2.24, 2.45) is 0 Å². The minimum atomic E-state index is -4.20. The molecule has 1 unspecified atom stereocenters. The Bertz CT molecular complexity index is 578. The molecule has 0 radical (unpaired) electrons. The first-order chi connectivity index (χ1) is 9.98. The molecule has 2 aromatic carbocycles. The lowest BCUT2D eigenvalue weighted by atomic mass is 10.1. The van der Waals surface area contributed by atoms with Gasteiger partial charge in [-0.15, -0.1) is 0 Å². The molecule has 114 valence electrons. The summed E-state index contributed by atoms with van der Waals surface area (Å²) in [5.74, 6) is 0.761. The molecule has 2 nitrogen and oxygen atoms in total. The van der Waals surface area contributed by atoms with Crippen LogP contribution in [0.5, 0.6) is 5.75 Å². The van der Waals surface area contributed by atoms with Crippen LogP contribution in [0.15, 0.2) is 42.5 Å². The molecule has 0 aliphatic rings. The van der Waals surface area contributed by atoms with Crippen LogP contribution in [0.1, 0.15) is 13.3 Å². The summed E-state index contributed by atoms with van der Waals surface area (Å²) in [6.07, 6.45) is -3.68. The molecule has 2 aromatic rings. The summed E-state index contributed by atoms with van der Waals surface area (Å²) >= 11 is 0. The van der Waals surface area contributed by atoms with Crippen LogP contribution in [0.25, 0.3) is 10.8 Å². The van der Waals surface area contributed by atoms with Gasteiger partial charge in [-0.2, -0.15) is 13.2 Å². The molecule has 21 heavy (non-hydrogen) atoms. The lowest BCUT2D eigenvalue weighted by molar-refractivity contribution is -0.151. The lowest BCUT2D eigenvalue weighted by Crippen LogP contribution is -2.40. The van der Waals surface area contributed by atoms with Crippen LogP contribution in [0.2, 0.25) is 0 Å². The van der Waals surface area contributed by atoms with Gasteiger partial charge in [0.05, 0.1) is 6.61 Å². The van der Waals surface area contributed by atoms with Crippen LogP contribution in [-0.4, -0.2) is 25.4 Å². The highest BCUT2D eigenvalue weighted by Crippen LogP contribution is 2.25. The van der Waals surface area contributed by atoms with Crippen molar-refractivity contribution in [1.82, 2.24) is 5.32 Å². The Hall–Kier alpha value is -1.75. The highest BCUT2D eigenvalue weighted by Gasteiger charge is 2.35.